The molecule has 27 heavy (non-hydrogen) atoms. The van der Waals surface area contributed by atoms with Gasteiger partial charge in [0, 0.05) is 31.1 Å². The van der Waals surface area contributed by atoms with Crippen LogP contribution in [0.3, 0.4) is 0 Å². The minimum atomic E-state index is -3.07. The summed E-state index contributed by atoms with van der Waals surface area (Å²) in [6.07, 6.45) is 0.557. The highest BCUT2D eigenvalue weighted by atomic mass is 32.2. The lowest BCUT2D eigenvalue weighted by molar-refractivity contribution is -0.130. The summed E-state index contributed by atoms with van der Waals surface area (Å²) in [5.41, 5.74) is 0.772. The van der Waals surface area contributed by atoms with Gasteiger partial charge < -0.3 is 19.7 Å². The highest BCUT2D eigenvalue weighted by Gasteiger charge is 2.41. The number of hydrogen-bond donors (Lipinski definition) is 1. The highest BCUT2D eigenvalue weighted by molar-refractivity contribution is 7.91. The zero-order valence-corrected chi connectivity index (χ0v) is 16.3. The number of methoxy groups -OCH3 is 2. The predicted octanol–water partition coefficient (Wildman–Crippen LogP) is 0.356. The lowest BCUT2D eigenvalue weighted by Crippen LogP contribution is -2.39. The number of hydrogen-bond acceptors (Lipinski definition) is 6. The van der Waals surface area contributed by atoms with Crippen molar-refractivity contribution in [3.8, 4) is 11.5 Å². The SMILES string of the molecule is COc1ccc(OC)c(CNC(=O)[C@H]2CC(=O)N([C@@H]3CCS(=O)(=O)C3)C2)c1. The number of carbonyl (C=O) groups excluding carboxylic acids is 2. The summed E-state index contributed by atoms with van der Waals surface area (Å²) in [4.78, 5) is 26.3. The molecule has 2 saturated heterocycles. The Bertz CT molecular complexity index is 838. The fraction of sp³-hybridized carbons (Fsp3) is 0.556. The Hall–Kier alpha value is -2.29. The van der Waals surface area contributed by atoms with Gasteiger partial charge >= 0.3 is 0 Å². The van der Waals surface area contributed by atoms with E-state index in [0.29, 0.717) is 17.9 Å². The van der Waals surface area contributed by atoms with Gasteiger partial charge in [0.05, 0.1) is 31.6 Å². The molecule has 8 nitrogen and oxygen atoms in total. The topological polar surface area (TPSA) is 102 Å². The summed E-state index contributed by atoms with van der Waals surface area (Å²) in [7, 11) is 0.0387. The minimum Gasteiger partial charge on any atom is -0.497 e. The Labute approximate surface area is 158 Å². The van der Waals surface area contributed by atoms with Crippen molar-refractivity contribution in [3.63, 3.8) is 0 Å². The number of benzene rings is 1. The van der Waals surface area contributed by atoms with Gasteiger partial charge in [-0.05, 0) is 24.6 Å². The number of nitrogens with zero attached hydrogens (tertiary/aromatic N) is 1. The maximum atomic E-state index is 12.5. The summed E-state index contributed by atoms with van der Waals surface area (Å²) in [5.74, 6) is 0.536. The third-order valence-corrected chi connectivity index (χ3v) is 6.87. The Morgan fingerprint density at radius 2 is 2.07 bits per heavy atom. The molecule has 2 aliphatic heterocycles. The van der Waals surface area contributed by atoms with Crippen molar-refractivity contribution in [2.45, 2.75) is 25.4 Å². The Balaban J connectivity index is 1.60. The molecule has 9 heteroatoms. The van der Waals surface area contributed by atoms with Crippen molar-refractivity contribution in [2.24, 2.45) is 5.92 Å². The van der Waals surface area contributed by atoms with Crippen LogP contribution in [0.4, 0.5) is 0 Å². The van der Waals surface area contributed by atoms with Gasteiger partial charge in [0.25, 0.3) is 0 Å². The first-order valence-corrected chi connectivity index (χ1v) is 10.6. The molecule has 2 fully saturated rings. The van der Waals surface area contributed by atoms with Gasteiger partial charge in [-0.25, -0.2) is 8.42 Å². The molecule has 0 saturated carbocycles. The van der Waals surface area contributed by atoms with Crippen molar-refractivity contribution < 1.29 is 27.5 Å². The smallest absolute Gasteiger partial charge is 0.225 e. The van der Waals surface area contributed by atoms with Crippen LogP contribution < -0.4 is 14.8 Å². The zero-order chi connectivity index (χ0) is 19.6. The monoisotopic (exact) mass is 396 g/mol. The van der Waals surface area contributed by atoms with E-state index in [-0.39, 0.29) is 48.9 Å². The summed E-state index contributed by atoms with van der Waals surface area (Å²) < 4.78 is 33.8. The molecule has 0 radical (unpaired) electrons. The van der Waals surface area contributed by atoms with E-state index in [0.717, 1.165) is 5.56 Å². The van der Waals surface area contributed by atoms with Crippen LogP contribution in [-0.2, 0) is 26.0 Å². The van der Waals surface area contributed by atoms with E-state index in [1.165, 1.54) is 0 Å². The molecule has 148 valence electrons. The van der Waals surface area contributed by atoms with Crippen molar-refractivity contribution in [1.29, 1.82) is 0 Å². The summed E-state index contributed by atoms with van der Waals surface area (Å²) in [5, 5.41) is 2.84. The molecule has 2 atom stereocenters. The molecule has 0 aliphatic carbocycles. The average Bonchev–Trinajstić information content (AvgIpc) is 3.21. The molecule has 2 amide bonds. The Kier molecular flexibility index (Phi) is 5.59. The van der Waals surface area contributed by atoms with E-state index < -0.39 is 15.8 Å². The lowest BCUT2D eigenvalue weighted by atomic mass is 10.1. The average molecular weight is 396 g/mol. The van der Waals surface area contributed by atoms with Crippen LogP contribution in [0.5, 0.6) is 11.5 Å². The molecule has 2 aliphatic rings. The minimum absolute atomic E-state index is 0.00587. The molecule has 3 rings (SSSR count). The van der Waals surface area contributed by atoms with Crippen LogP contribution in [0.25, 0.3) is 0 Å². The van der Waals surface area contributed by atoms with Crippen molar-refractivity contribution in [3.05, 3.63) is 23.8 Å². The molecule has 0 spiro atoms. The molecule has 1 aromatic rings. The fourth-order valence-electron chi connectivity index (χ4n) is 3.63. The maximum absolute atomic E-state index is 12.5. The van der Waals surface area contributed by atoms with Crippen LogP contribution in [0.15, 0.2) is 18.2 Å². The van der Waals surface area contributed by atoms with E-state index in [1.807, 2.05) is 0 Å². The van der Waals surface area contributed by atoms with Gasteiger partial charge in [-0.3, -0.25) is 9.59 Å². The first-order chi connectivity index (χ1) is 12.8. The van der Waals surface area contributed by atoms with Crippen molar-refractivity contribution in [1.82, 2.24) is 10.2 Å². The molecule has 1 N–H and O–H groups in total. The number of nitrogens with one attached hydrogen (secondary N) is 1. The van der Waals surface area contributed by atoms with Gasteiger partial charge in [0.1, 0.15) is 11.5 Å². The Morgan fingerprint density at radius 1 is 1.30 bits per heavy atom. The molecule has 0 bridgehead atoms. The Morgan fingerprint density at radius 3 is 2.70 bits per heavy atom. The van der Waals surface area contributed by atoms with E-state index in [2.05, 4.69) is 5.32 Å². The highest BCUT2D eigenvalue weighted by Crippen LogP contribution is 2.27. The van der Waals surface area contributed by atoms with Gasteiger partial charge in [0.2, 0.25) is 11.8 Å². The lowest BCUT2D eigenvalue weighted by Gasteiger charge is -2.23. The third kappa shape index (κ3) is 4.35. The zero-order valence-electron chi connectivity index (χ0n) is 15.4. The van der Waals surface area contributed by atoms with Crippen LogP contribution in [0.1, 0.15) is 18.4 Å². The van der Waals surface area contributed by atoms with Crippen LogP contribution in [-0.4, -0.2) is 63.4 Å². The third-order valence-electron chi connectivity index (χ3n) is 5.12. The molecule has 0 unspecified atom stereocenters. The maximum Gasteiger partial charge on any atom is 0.225 e. The van der Waals surface area contributed by atoms with Gasteiger partial charge in [-0.1, -0.05) is 0 Å². The van der Waals surface area contributed by atoms with Gasteiger partial charge in [-0.2, -0.15) is 0 Å². The standard InChI is InChI=1S/C18H24N2O6S/c1-25-15-3-4-16(26-2)12(7-15)9-19-18(22)13-8-17(21)20(10-13)14-5-6-27(23,24)11-14/h3-4,7,13-14H,5-6,8-11H2,1-2H3,(H,19,22)/t13-,14+/m0/s1. The molecule has 1 aromatic carbocycles. The molecular weight excluding hydrogens is 372 g/mol. The van der Waals surface area contributed by atoms with E-state index >= 15 is 0 Å². The van der Waals surface area contributed by atoms with E-state index in [9.17, 15) is 18.0 Å². The van der Waals surface area contributed by atoms with Gasteiger partial charge in [-0.15, -0.1) is 0 Å². The quantitative estimate of drug-likeness (QED) is 0.745. The van der Waals surface area contributed by atoms with Crippen LogP contribution in [0.2, 0.25) is 0 Å². The molecule has 0 aromatic heterocycles. The largest absolute Gasteiger partial charge is 0.497 e. The number of carbonyl (C=O) groups is 2. The summed E-state index contributed by atoms with van der Waals surface area (Å²) in [6, 6.07) is 5.02. The van der Waals surface area contributed by atoms with E-state index in [4.69, 9.17) is 9.47 Å². The predicted molar refractivity (Wildman–Crippen MR) is 98.3 cm³/mol. The molecular formula is C18H24N2O6S. The number of rotatable bonds is 6. The normalized spacial score (nSPS) is 24.1. The summed E-state index contributed by atoms with van der Waals surface area (Å²) in [6.45, 7) is 0.516. The van der Waals surface area contributed by atoms with Gasteiger partial charge in [0.15, 0.2) is 9.84 Å². The second-order valence-corrected chi connectivity index (χ2v) is 9.13. The number of amides is 2. The first kappa shape index (κ1) is 19.5. The van der Waals surface area contributed by atoms with Crippen molar-refractivity contribution in [2.75, 3.05) is 32.3 Å². The first-order valence-electron chi connectivity index (χ1n) is 8.81. The van der Waals surface area contributed by atoms with E-state index in [1.54, 1.807) is 37.3 Å². The fourth-order valence-corrected chi connectivity index (χ4v) is 5.36. The van der Waals surface area contributed by atoms with Crippen molar-refractivity contribution >= 4 is 21.7 Å². The molecule has 2 heterocycles. The number of likely N-dealkylation sites (tertiary alicyclic amines) is 1. The second-order valence-electron chi connectivity index (χ2n) is 6.90. The van der Waals surface area contributed by atoms with Crippen LogP contribution >= 0.6 is 0 Å². The van der Waals surface area contributed by atoms with Crippen LogP contribution in [0, 0.1) is 5.92 Å². The number of ether oxygens (including phenoxy) is 2. The number of sulfone groups is 1. The summed E-state index contributed by atoms with van der Waals surface area (Å²) >= 11 is 0. The second kappa shape index (κ2) is 7.75.